The van der Waals surface area contributed by atoms with Gasteiger partial charge in [-0.25, -0.2) is 0 Å². The van der Waals surface area contributed by atoms with Crippen molar-refractivity contribution in [2.75, 3.05) is 36.5 Å². The van der Waals surface area contributed by atoms with Crippen LogP contribution in [0.2, 0.25) is 0 Å². The van der Waals surface area contributed by atoms with Crippen LogP contribution in [0.4, 0.5) is 11.4 Å². The van der Waals surface area contributed by atoms with E-state index in [0.717, 1.165) is 27.9 Å². The number of piperidine rings is 1. The van der Waals surface area contributed by atoms with Gasteiger partial charge in [0.05, 0.1) is 25.5 Å². The van der Waals surface area contributed by atoms with Crippen molar-refractivity contribution in [3.63, 3.8) is 0 Å². The molecule has 5 atom stereocenters. The first-order valence-electron chi connectivity index (χ1n) is 18.2. The summed E-state index contributed by atoms with van der Waals surface area (Å²) >= 11 is 0. The minimum absolute atomic E-state index is 0.0625. The number of rotatable bonds is 10. The maximum absolute atomic E-state index is 13.4. The number of hydrogen-bond donors (Lipinski definition) is 3. The van der Waals surface area contributed by atoms with Crippen molar-refractivity contribution >= 4 is 29.2 Å². The number of carbonyl (C=O) groups is 3. The van der Waals surface area contributed by atoms with E-state index in [4.69, 9.17) is 14.2 Å². The van der Waals surface area contributed by atoms with Gasteiger partial charge in [-0.1, -0.05) is 84.9 Å². The molecule has 0 saturated carbocycles. The molecule has 1 unspecified atom stereocenters. The van der Waals surface area contributed by atoms with Crippen molar-refractivity contribution < 1.29 is 33.7 Å². The average Bonchev–Trinajstić information content (AvgIpc) is 3.50. The summed E-state index contributed by atoms with van der Waals surface area (Å²) in [5, 5.41) is 15.7. The smallest absolute Gasteiger partial charge is 0.303 e. The zero-order chi connectivity index (χ0) is 37.0. The quantitative estimate of drug-likeness (QED) is 0.184. The first kappa shape index (κ1) is 36.3. The molecule has 3 heterocycles. The average molecular weight is 719 g/mol. The molecule has 3 saturated heterocycles. The minimum atomic E-state index is -0.959. The number of likely N-dealkylation sites (tertiary alicyclic amines) is 1. The lowest BCUT2D eigenvalue weighted by molar-refractivity contribution is -0.264. The molecule has 0 aliphatic carbocycles. The zero-order valence-corrected chi connectivity index (χ0v) is 30.0. The van der Waals surface area contributed by atoms with Gasteiger partial charge in [0, 0.05) is 49.4 Å². The number of aliphatic hydroxyl groups excluding tert-OH is 1. The Bertz CT molecular complexity index is 1880. The van der Waals surface area contributed by atoms with Crippen molar-refractivity contribution in [1.29, 1.82) is 0 Å². The molecule has 3 aliphatic heterocycles. The number of hydrogen-bond acceptors (Lipinski definition) is 9. The summed E-state index contributed by atoms with van der Waals surface area (Å²) in [5.74, 6) is -1.10. The fraction of sp³-hybridized carbons (Fsp3) is 0.357. The molecule has 3 aliphatic rings. The van der Waals surface area contributed by atoms with Crippen molar-refractivity contribution in [3.8, 4) is 0 Å². The molecule has 0 radical (unpaired) electrons. The molecule has 4 aromatic carbocycles. The SMILES string of the molecule is CC(=O)O[C@@H](C)C(=O)Nc1cccc(C2O[C@H](CN3CCC4(CC3)C(=O)NCN4c3ccccc3)[C@@H](c3ccccc3)[C@H](c3ccc(CO)cc3)O2)c1. The van der Waals surface area contributed by atoms with E-state index in [-0.39, 0.29) is 24.5 Å². The molecule has 3 fully saturated rings. The summed E-state index contributed by atoms with van der Waals surface area (Å²) in [6, 6.07) is 35.5. The summed E-state index contributed by atoms with van der Waals surface area (Å²) in [6.45, 7) is 5.24. The summed E-state index contributed by atoms with van der Waals surface area (Å²) in [5.41, 5.74) is 4.50. The van der Waals surface area contributed by atoms with Gasteiger partial charge in [-0.3, -0.25) is 14.4 Å². The molecule has 0 bridgehead atoms. The molecule has 4 aromatic rings. The predicted octanol–water partition coefficient (Wildman–Crippen LogP) is 5.44. The van der Waals surface area contributed by atoms with Gasteiger partial charge >= 0.3 is 5.97 Å². The Morgan fingerprint density at radius 3 is 2.26 bits per heavy atom. The minimum Gasteiger partial charge on any atom is -0.453 e. The second-order valence-electron chi connectivity index (χ2n) is 14.0. The van der Waals surface area contributed by atoms with Gasteiger partial charge in [-0.2, -0.15) is 0 Å². The number of benzene rings is 4. The second kappa shape index (κ2) is 15.9. The largest absolute Gasteiger partial charge is 0.453 e. The normalized spacial score (nSPS) is 23.3. The number of amides is 2. The molecule has 2 amide bonds. The van der Waals surface area contributed by atoms with Gasteiger partial charge in [-0.05, 0) is 60.7 Å². The Balaban J connectivity index is 1.18. The van der Waals surface area contributed by atoms with Crippen LogP contribution in [0.15, 0.2) is 109 Å². The van der Waals surface area contributed by atoms with Gasteiger partial charge in [-0.15, -0.1) is 0 Å². The molecule has 53 heavy (non-hydrogen) atoms. The topological polar surface area (TPSA) is 130 Å². The predicted molar refractivity (Wildman–Crippen MR) is 200 cm³/mol. The molecule has 276 valence electrons. The Morgan fingerprint density at radius 2 is 1.58 bits per heavy atom. The molecule has 3 N–H and O–H groups in total. The van der Waals surface area contributed by atoms with Gasteiger partial charge < -0.3 is 39.8 Å². The summed E-state index contributed by atoms with van der Waals surface area (Å²) in [7, 11) is 0. The van der Waals surface area contributed by atoms with Crippen LogP contribution in [-0.2, 0) is 35.2 Å². The molecular weight excluding hydrogens is 672 g/mol. The third-order valence-electron chi connectivity index (χ3n) is 10.6. The maximum Gasteiger partial charge on any atom is 0.303 e. The number of nitrogens with zero attached hydrogens (tertiary/aromatic N) is 2. The van der Waals surface area contributed by atoms with Crippen molar-refractivity contribution in [1.82, 2.24) is 10.2 Å². The number of esters is 1. The Kier molecular flexibility index (Phi) is 10.9. The van der Waals surface area contributed by atoms with Crippen LogP contribution in [0.1, 0.15) is 67.3 Å². The lowest BCUT2D eigenvalue weighted by atomic mass is 9.82. The van der Waals surface area contributed by atoms with Gasteiger partial charge in [0.1, 0.15) is 5.54 Å². The van der Waals surface area contributed by atoms with E-state index in [1.54, 1.807) is 6.07 Å². The van der Waals surface area contributed by atoms with E-state index in [2.05, 4.69) is 44.7 Å². The number of para-hydroxylation sites is 1. The molecule has 11 nitrogen and oxygen atoms in total. The monoisotopic (exact) mass is 718 g/mol. The highest BCUT2D eigenvalue weighted by Crippen LogP contribution is 2.48. The van der Waals surface area contributed by atoms with Crippen LogP contribution in [0.3, 0.4) is 0 Å². The van der Waals surface area contributed by atoms with Crippen LogP contribution in [0, 0.1) is 0 Å². The van der Waals surface area contributed by atoms with E-state index in [9.17, 15) is 19.5 Å². The first-order chi connectivity index (χ1) is 25.7. The van der Waals surface area contributed by atoms with E-state index in [0.29, 0.717) is 44.8 Å². The fourth-order valence-corrected chi connectivity index (χ4v) is 7.87. The lowest BCUT2D eigenvalue weighted by Gasteiger charge is -2.47. The highest BCUT2D eigenvalue weighted by atomic mass is 16.7. The van der Waals surface area contributed by atoms with E-state index in [1.165, 1.54) is 13.8 Å². The molecule has 7 rings (SSSR count). The van der Waals surface area contributed by atoms with Crippen molar-refractivity contribution in [3.05, 3.63) is 131 Å². The van der Waals surface area contributed by atoms with Crippen LogP contribution in [0.25, 0.3) is 0 Å². The van der Waals surface area contributed by atoms with Crippen LogP contribution in [0.5, 0.6) is 0 Å². The Morgan fingerprint density at radius 1 is 0.906 bits per heavy atom. The highest BCUT2D eigenvalue weighted by molar-refractivity contribution is 5.95. The Hall–Kier alpha value is -5.07. The summed E-state index contributed by atoms with van der Waals surface area (Å²) in [4.78, 5) is 42.3. The van der Waals surface area contributed by atoms with E-state index in [1.807, 2.05) is 78.9 Å². The van der Waals surface area contributed by atoms with Gasteiger partial charge in [0.2, 0.25) is 5.91 Å². The number of carbonyl (C=O) groups excluding carboxylic acids is 3. The summed E-state index contributed by atoms with van der Waals surface area (Å²) in [6.07, 6.45) is -1.12. The Labute approximate surface area is 309 Å². The number of nitrogens with one attached hydrogen (secondary N) is 2. The first-order valence-corrected chi connectivity index (χ1v) is 18.2. The number of anilines is 2. The van der Waals surface area contributed by atoms with Gasteiger partial charge in [0.25, 0.3) is 5.91 Å². The van der Waals surface area contributed by atoms with Crippen molar-refractivity contribution in [2.24, 2.45) is 0 Å². The summed E-state index contributed by atoms with van der Waals surface area (Å²) < 4.78 is 18.9. The van der Waals surface area contributed by atoms with E-state index < -0.39 is 35.9 Å². The van der Waals surface area contributed by atoms with Crippen LogP contribution in [-0.4, -0.2) is 71.8 Å². The third kappa shape index (κ3) is 7.84. The van der Waals surface area contributed by atoms with Crippen molar-refractivity contribution in [2.45, 2.75) is 69.4 Å². The van der Waals surface area contributed by atoms with E-state index >= 15 is 0 Å². The number of ether oxygens (including phenoxy) is 3. The second-order valence-corrected chi connectivity index (χ2v) is 14.0. The molecular formula is C42H46N4O7. The van der Waals surface area contributed by atoms with Crippen LogP contribution >= 0.6 is 0 Å². The molecule has 11 heteroatoms. The lowest BCUT2D eigenvalue weighted by Crippen LogP contribution is -2.57. The molecule has 0 aromatic heterocycles. The highest BCUT2D eigenvalue weighted by Gasteiger charge is 2.51. The maximum atomic E-state index is 13.4. The van der Waals surface area contributed by atoms with Gasteiger partial charge in [0.15, 0.2) is 12.4 Å². The fourth-order valence-electron chi connectivity index (χ4n) is 7.87. The standard InChI is InChI=1S/C42H46N4O7/c1-28(51-29(2)48)39(49)44-34-13-9-12-33(24-34)40-52-36(37(31-10-5-3-6-11-31)38(53-40)32-18-16-30(26-47)17-19-32)25-45-22-20-42(21-23-45)41(50)43-27-46(42)35-14-7-4-8-15-35/h3-19,24,28,36-38,40,47H,20-23,25-27H2,1-2H3,(H,43,50)(H,44,49)/t28-,36+,37+,38-,40?/m0/s1. The number of aliphatic hydroxyl groups is 1. The van der Waals surface area contributed by atoms with Crippen LogP contribution < -0.4 is 15.5 Å². The molecule has 1 spiro atoms. The third-order valence-corrected chi connectivity index (χ3v) is 10.6. The zero-order valence-electron chi connectivity index (χ0n) is 30.0.